The zero-order valence-corrected chi connectivity index (χ0v) is 10.8. The molecule has 1 saturated carbocycles. The van der Waals surface area contributed by atoms with Crippen molar-refractivity contribution in [3.8, 4) is 0 Å². The third kappa shape index (κ3) is 5.04. The molecule has 0 amide bonds. The summed E-state index contributed by atoms with van der Waals surface area (Å²) in [6.07, 6.45) is 4.61. The molecule has 4 heteroatoms. The Labute approximate surface area is 103 Å². The van der Waals surface area contributed by atoms with Crippen molar-refractivity contribution in [1.29, 1.82) is 0 Å². The Bertz CT molecular complexity index is 234. The molecule has 17 heavy (non-hydrogen) atoms. The molecule has 0 bridgehead atoms. The summed E-state index contributed by atoms with van der Waals surface area (Å²) in [7, 11) is 0. The minimum Gasteiger partial charge on any atom is -0.479 e. The molecule has 1 aliphatic carbocycles. The molecule has 1 fully saturated rings. The first-order valence-corrected chi connectivity index (χ1v) is 6.57. The second kappa shape index (κ2) is 6.97. The van der Waals surface area contributed by atoms with E-state index in [1.165, 1.54) is 19.3 Å². The lowest BCUT2D eigenvalue weighted by molar-refractivity contribution is -0.159. The number of aliphatic hydroxyl groups excluding tert-OH is 1. The Morgan fingerprint density at radius 2 is 1.88 bits per heavy atom. The van der Waals surface area contributed by atoms with E-state index < -0.39 is 24.3 Å². The molecule has 100 valence electrons. The van der Waals surface area contributed by atoms with Crippen LogP contribution in [0.5, 0.6) is 0 Å². The van der Waals surface area contributed by atoms with E-state index in [4.69, 9.17) is 9.84 Å². The lowest BCUT2D eigenvalue weighted by Gasteiger charge is -2.27. The van der Waals surface area contributed by atoms with Crippen LogP contribution in [0.2, 0.25) is 0 Å². The molecule has 4 nitrogen and oxygen atoms in total. The van der Waals surface area contributed by atoms with Gasteiger partial charge in [-0.2, -0.15) is 0 Å². The summed E-state index contributed by atoms with van der Waals surface area (Å²) in [5.74, 6) is -0.450. The van der Waals surface area contributed by atoms with Gasteiger partial charge in [0.2, 0.25) is 0 Å². The van der Waals surface area contributed by atoms with Gasteiger partial charge in [-0.3, -0.25) is 0 Å². The summed E-state index contributed by atoms with van der Waals surface area (Å²) < 4.78 is 5.43. The summed E-state index contributed by atoms with van der Waals surface area (Å²) in [5.41, 5.74) is 0. The van der Waals surface area contributed by atoms with Gasteiger partial charge in [0.05, 0.1) is 12.2 Å². The Hall–Kier alpha value is -0.610. The van der Waals surface area contributed by atoms with Crippen LogP contribution in [0.25, 0.3) is 0 Å². The molecule has 1 aliphatic rings. The molecule has 0 spiro atoms. The van der Waals surface area contributed by atoms with Crippen LogP contribution in [-0.2, 0) is 9.53 Å². The Morgan fingerprint density at radius 3 is 2.35 bits per heavy atom. The Kier molecular flexibility index (Phi) is 5.92. The van der Waals surface area contributed by atoms with E-state index in [0.29, 0.717) is 12.3 Å². The van der Waals surface area contributed by atoms with Gasteiger partial charge < -0.3 is 14.9 Å². The van der Waals surface area contributed by atoms with Gasteiger partial charge in [-0.05, 0) is 26.2 Å². The number of carboxylic acid groups (broad SMARTS) is 1. The van der Waals surface area contributed by atoms with Gasteiger partial charge in [-0.25, -0.2) is 4.79 Å². The zero-order valence-electron chi connectivity index (χ0n) is 10.8. The van der Waals surface area contributed by atoms with E-state index in [-0.39, 0.29) is 0 Å². The minimum absolute atomic E-state index is 0.431. The normalized spacial score (nSPS) is 23.0. The number of ether oxygens (including phenoxy) is 1. The van der Waals surface area contributed by atoms with E-state index in [1.54, 1.807) is 13.8 Å². The summed E-state index contributed by atoms with van der Waals surface area (Å²) in [6, 6.07) is 0. The van der Waals surface area contributed by atoms with Gasteiger partial charge in [-0.15, -0.1) is 0 Å². The van der Waals surface area contributed by atoms with Crippen LogP contribution in [0.15, 0.2) is 0 Å². The Balaban J connectivity index is 2.44. The molecule has 0 radical (unpaired) electrons. The first kappa shape index (κ1) is 14.5. The number of aliphatic hydroxyl groups is 1. The highest BCUT2D eigenvalue weighted by molar-refractivity contribution is 5.72. The molecule has 3 unspecified atom stereocenters. The fourth-order valence-corrected chi connectivity index (χ4v) is 2.31. The average molecular weight is 244 g/mol. The van der Waals surface area contributed by atoms with Crippen LogP contribution in [0, 0.1) is 5.92 Å². The summed E-state index contributed by atoms with van der Waals surface area (Å²) in [6.45, 7) is 3.33. The molecule has 3 atom stereocenters. The highest BCUT2D eigenvalue weighted by Gasteiger charge is 2.27. The van der Waals surface area contributed by atoms with E-state index >= 15 is 0 Å². The van der Waals surface area contributed by atoms with Crippen molar-refractivity contribution >= 4 is 5.97 Å². The van der Waals surface area contributed by atoms with Crippen molar-refractivity contribution in [2.75, 3.05) is 0 Å². The monoisotopic (exact) mass is 244 g/mol. The van der Waals surface area contributed by atoms with Gasteiger partial charge in [0.25, 0.3) is 0 Å². The number of carbonyl (C=O) groups is 1. The SMILES string of the molecule is CC(O)C(C)OC(CC1CCCCC1)C(=O)O. The van der Waals surface area contributed by atoms with Crippen molar-refractivity contribution in [3.05, 3.63) is 0 Å². The van der Waals surface area contributed by atoms with Crippen molar-refractivity contribution in [2.24, 2.45) is 5.92 Å². The van der Waals surface area contributed by atoms with E-state index in [2.05, 4.69) is 0 Å². The third-order valence-corrected chi connectivity index (χ3v) is 3.61. The van der Waals surface area contributed by atoms with Crippen LogP contribution in [0.4, 0.5) is 0 Å². The second-order valence-corrected chi connectivity index (χ2v) is 5.15. The average Bonchev–Trinajstić information content (AvgIpc) is 2.29. The highest BCUT2D eigenvalue weighted by Crippen LogP contribution is 2.28. The fourth-order valence-electron chi connectivity index (χ4n) is 2.31. The minimum atomic E-state index is -0.914. The molecule has 0 aliphatic heterocycles. The molecule has 0 saturated heterocycles. The van der Waals surface area contributed by atoms with E-state index in [1.807, 2.05) is 0 Å². The maximum Gasteiger partial charge on any atom is 0.332 e. The van der Waals surface area contributed by atoms with Gasteiger partial charge in [0.1, 0.15) is 0 Å². The maximum atomic E-state index is 11.1. The summed E-state index contributed by atoms with van der Waals surface area (Å²) >= 11 is 0. The van der Waals surface area contributed by atoms with Crippen LogP contribution < -0.4 is 0 Å². The standard InChI is InChI=1S/C13H24O4/c1-9(14)10(2)17-12(13(15)16)8-11-6-4-3-5-7-11/h9-12,14H,3-8H2,1-2H3,(H,15,16). The fraction of sp³-hybridized carbons (Fsp3) is 0.923. The van der Waals surface area contributed by atoms with Gasteiger partial charge in [-0.1, -0.05) is 32.1 Å². The van der Waals surface area contributed by atoms with Crippen LogP contribution in [0.1, 0.15) is 52.4 Å². The molecular weight excluding hydrogens is 220 g/mol. The molecule has 0 aromatic rings. The molecule has 0 aromatic heterocycles. The molecule has 0 heterocycles. The van der Waals surface area contributed by atoms with Crippen molar-refractivity contribution in [1.82, 2.24) is 0 Å². The third-order valence-electron chi connectivity index (χ3n) is 3.61. The van der Waals surface area contributed by atoms with Crippen molar-refractivity contribution in [3.63, 3.8) is 0 Å². The zero-order chi connectivity index (χ0) is 12.8. The maximum absolute atomic E-state index is 11.1. The lowest BCUT2D eigenvalue weighted by Crippen LogP contribution is -2.35. The quantitative estimate of drug-likeness (QED) is 0.751. The lowest BCUT2D eigenvalue weighted by atomic mass is 9.85. The van der Waals surface area contributed by atoms with Gasteiger partial charge in [0, 0.05) is 0 Å². The summed E-state index contributed by atoms with van der Waals surface area (Å²) in [5, 5.41) is 18.5. The second-order valence-electron chi connectivity index (χ2n) is 5.15. The number of hydrogen-bond donors (Lipinski definition) is 2. The number of carboxylic acids is 1. The Morgan fingerprint density at radius 1 is 1.29 bits per heavy atom. The van der Waals surface area contributed by atoms with Crippen LogP contribution >= 0.6 is 0 Å². The van der Waals surface area contributed by atoms with E-state index in [0.717, 1.165) is 12.8 Å². The van der Waals surface area contributed by atoms with Crippen molar-refractivity contribution < 1.29 is 19.7 Å². The largest absolute Gasteiger partial charge is 0.479 e. The van der Waals surface area contributed by atoms with Crippen molar-refractivity contribution in [2.45, 2.75) is 70.7 Å². The first-order chi connectivity index (χ1) is 8.00. The van der Waals surface area contributed by atoms with Gasteiger partial charge in [0.15, 0.2) is 6.10 Å². The predicted octanol–water partition coefficient (Wildman–Crippen LogP) is 2.20. The van der Waals surface area contributed by atoms with E-state index in [9.17, 15) is 9.90 Å². The summed E-state index contributed by atoms with van der Waals surface area (Å²) in [4.78, 5) is 11.1. The molecule has 2 N–H and O–H groups in total. The predicted molar refractivity (Wildman–Crippen MR) is 64.8 cm³/mol. The molecular formula is C13H24O4. The number of aliphatic carboxylic acids is 1. The highest BCUT2D eigenvalue weighted by atomic mass is 16.5. The molecule has 1 rings (SSSR count). The topological polar surface area (TPSA) is 66.8 Å². The van der Waals surface area contributed by atoms with Gasteiger partial charge >= 0.3 is 5.97 Å². The number of hydrogen-bond acceptors (Lipinski definition) is 3. The molecule has 0 aromatic carbocycles. The smallest absolute Gasteiger partial charge is 0.332 e. The van der Waals surface area contributed by atoms with Crippen LogP contribution in [-0.4, -0.2) is 34.5 Å². The van der Waals surface area contributed by atoms with Crippen LogP contribution in [0.3, 0.4) is 0 Å². The first-order valence-electron chi connectivity index (χ1n) is 6.57. The number of rotatable bonds is 6.